The van der Waals surface area contributed by atoms with Gasteiger partial charge < -0.3 is 9.80 Å². The van der Waals surface area contributed by atoms with Gasteiger partial charge >= 0.3 is 0 Å². The average molecular weight is 341 g/mol. The number of amides is 1. The number of carbonyl (C=O) groups is 1. The van der Waals surface area contributed by atoms with Crippen LogP contribution in [-0.2, 0) is 4.79 Å². The fourth-order valence-electron chi connectivity index (χ4n) is 3.04. The van der Waals surface area contributed by atoms with E-state index < -0.39 is 0 Å². The zero-order valence-corrected chi connectivity index (χ0v) is 14.7. The molecular weight excluding hydrogens is 316 g/mol. The number of hydrogen-bond donors (Lipinski definition) is 0. The summed E-state index contributed by atoms with van der Waals surface area (Å²) in [6, 6.07) is 0.577. The summed E-state index contributed by atoms with van der Waals surface area (Å²) in [5.74, 6) is 2.68. The zero-order valence-electron chi connectivity index (χ0n) is 13.1. The first-order valence-electron chi connectivity index (χ1n) is 7.94. The van der Waals surface area contributed by atoms with Gasteiger partial charge in [-0.15, -0.1) is 11.3 Å². The number of thioether (sulfide) groups is 1. The Morgan fingerprint density at radius 3 is 3.05 bits per heavy atom. The number of carbonyl (C=O) groups excluding carboxylic acids is 1. The van der Waals surface area contributed by atoms with Crippen LogP contribution in [-0.4, -0.2) is 78.0 Å². The molecule has 0 aliphatic carbocycles. The predicted octanol–water partition coefficient (Wildman–Crippen LogP) is 1.62. The minimum Gasteiger partial charge on any atom is -0.346 e. The summed E-state index contributed by atoms with van der Waals surface area (Å²) in [4.78, 5) is 23.5. The molecular formula is C15H24N4OS2. The van der Waals surface area contributed by atoms with Crippen molar-refractivity contribution < 1.29 is 4.79 Å². The SMILES string of the molecule is CN(CC(=O)N1CCCN(c2nccs2)CC1)C1CCSC1. The number of nitrogens with zero attached hydrogens (tertiary/aromatic N) is 4. The van der Waals surface area contributed by atoms with Gasteiger partial charge in [0.05, 0.1) is 6.54 Å². The lowest BCUT2D eigenvalue weighted by Crippen LogP contribution is -2.44. The van der Waals surface area contributed by atoms with E-state index >= 15 is 0 Å². The summed E-state index contributed by atoms with van der Waals surface area (Å²) in [5.41, 5.74) is 0. The Labute approximate surface area is 140 Å². The van der Waals surface area contributed by atoms with Crippen molar-refractivity contribution in [3.63, 3.8) is 0 Å². The molecule has 0 radical (unpaired) electrons. The number of rotatable bonds is 4. The molecule has 1 amide bonds. The van der Waals surface area contributed by atoms with Crippen LogP contribution in [0.15, 0.2) is 11.6 Å². The third-order valence-corrected chi connectivity index (χ3v) is 6.43. The number of hydrogen-bond acceptors (Lipinski definition) is 6. The maximum absolute atomic E-state index is 12.6. The van der Waals surface area contributed by atoms with Gasteiger partial charge in [0.1, 0.15) is 0 Å². The summed E-state index contributed by atoms with van der Waals surface area (Å²) >= 11 is 3.67. The molecule has 22 heavy (non-hydrogen) atoms. The smallest absolute Gasteiger partial charge is 0.236 e. The minimum absolute atomic E-state index is 0.278. The van der Waals surface area contributed by atoms with E-state index in [4.69, 9.17) is 0 Å². The molecule has 2 saturated heterocycles. The van der Waals surface area contributed by atoms with Gasteiger partial charge in [-0.1, -0.05) is 0 Å². The van der Waals surface area contributed by atoms with E-state index in [2.05, 4.69) is 21.8 Å². The van der Waals surface area contributed by atoms with E-state index in [1.54, 1.807) is 11.3 Å². The first-order valence-corrected chi connectivity index (χ1v) is 9.97. The summed E-state index contributed by atoms with van der Waals surface area (Å²) in [7, 11) is 2.09. The van der Waals surface area contributed by atoms with E-state index in [-0.39, 0.29) is 5.91 Å². The lowest BCUT2D eigenvalue weighted by molar-refractivity contribution is -0.132. The second-order valence-electron chi connectivity index (χ2n) is 5.97. The second kappa shape index (κ2) is 7.66. The third-order valence-electron chi connectivity index (χ3n) is 4.45. The van der Waals surface area contributed by atoms with Crippen LogP contribution in [0.5, 0.6) is 0 Å². The van der Waals surface area contributed by atoms with Crippen molar-refractivity contribution in [1.29, 1.82) is 0 Å². The molecule has 1 aromatic heterocycles. The van der Waals surface area contributed by atoms with Crippen LogP contribution in [0, 0.1) is 0 Å². The van der Waals surface area contributed by atoms with E-state index in [0.717, 1.165) is 37.7 Å². The van der Waals surface area contributed by atoms with E-state index in [1.807, 2.05) is 28.2 Å². The molecule has 5 nitrogen and oxygen atoms in total. The molecule has 2 aliphatic heterocycles. The maximum Gasteiger partial charge on any atom is 0.236 e. The fourth-order valence-corrected chi connectivity index (χ4v) is 5.04. The molecule has 0 aromatic carbocycles. The van der Waals surface area contributed by atoms with Gasteiger partial charge in [0.2, 0.25) is 5.91 Å². The summed E-state index contributed by atoms with van der Waals surface area (Å²) in [5, 5.41) is 3.09. The standard InChI is InChI=1S/C15H24N4OS2/c1-17(13-3-9-21-12-13)11-14(20)18-5-2-6-19(8-7-18)15-16-4-10-22-15/h4,10,13H,2-3,5-9,11-12H2,1H3. The molecule has 1 unspecified atom stereocenters. The Morgan fingerprint density at radius 1 is 1.41 bits per heavy atom. The summed E-state index contributed by atoms with van der Waals surface area (Å²) < 4.78 is 0. The predicted molar refractivity (Wildman–Crippen MR) is 93.9 cm³/mol. The molecule has 0 N–H and O–H groups in total. The van der Waals surface area contributed by atoms with Gasteiger partial charge in [-0.25, -0.2) is 4.98 Å². The molecule has 7 heteroatoms. The Morgan fingerprint density at radius 2 is 2.32 bits per heavy atom. The summed E-state index contributed by atoms with van der Waals surface area (Å²) in [6.45, 7) is 4.12. The molecule has 1 atom stereocenters. The van der Waals surface area contributed by atoms with Crippen molar-refractivity contribution in [3.8, 4) is 0 Å². The van der Waals surface area contributed by atoms with Gasteiger partial charge in [-0.2, -0.15) is 11.8 Å². The Bertz CT molecular complexity index is 476. The van der Waals surface area contributed by atoms with Gasteiger partial charge in [0.25, 0.3) is 0 Å². The highest BCUT2D eigenvalue weighted by Gasteiger charge is 2.25. The molecule has 0 spiro atoms. The van der Waals surface area contributed by atoms with Gasteiger partial charge in [-0.05, 0) is 25.6 Å². The minimum atomic E-state index is 0.278. The van der Waals surface area contributed by atoms with Crippen LogP contribution in [0.2, 0.25) is 0 Å². The van der Waals surface area contributed by atoms with Crippen LogP contribution in [0.1, 0.15) is 12.8 Å². The molecule has 0 bridgehead atoms. The lowest BCUT2D eigenvalue weighted by Gasteiger charge is -2.27. The van der Waals surface area contributed by atoms with Gasteiger partial charge in [0, 0.05) is 49.6 Å². The van der Waals surface area contributed by atoms with Crippen LogP contribution in [0.4, 0.5) is 5.13 Å². The van der Waals surface area contributed by atoms with Crippen molar-refractivity contribution in [2.24, 2.45) is 0 Å². The highest BCUT2D eigenvalue weighted by Crippen LogP contribution is 2.22. The first-order chi connectivity index (χ1) is 10.7. The molecule has 0 saturated carbocycles. The normalized spacial score (nSPS) is 23.1. The van der Waals surface area contributed by atoms with E-state index in [1.165, 1.54) is 17.9 Å². The Kier molecular flexibility index (Phi) is 5.60. The Balaban J connectivity index is 1.50. The number of thiazole rings is 1. The van der Waals surface area contributed by atoms with Gasteiger partial charge in [0.15, 0.2) is 5.13 Å². The van der Waals surface area contributed by atoms with Crippen LogP contribution < -0.4 is 4.90 Å². The van der Waals surface area contributed by atoms with Crippen molar-refractivity contribution in [2.75, 3.05) is 56.2 Å². The molecule has 1 aromatic rings. The van der Waals surface area contributed by atoms with Crippen LogP contribution in [0.3, 0.4) is 0 Å². The number of likely N-dealkylation sites (N-methyl/N-ethyl adjacent to an activating group) is 1. The number of anilines is 1. The highest BCUT2D eigenvalue weighted by molar-refractivity contribution is 7.99. The van der Waals surface area contributed by atoms with E-state index in [9.17, 15) is 4.79 Å². The second-order valence-corrected chi connectivity index (χ2v) is 7.99. The zero-order chi connectivity index (χ0) is 15.4. The van der Waals surface area contributed by atoms with Crippen molar-refractivity contribution >= 4 is 34.1 Å². The quantitative estimate of drug-likeness (QED) is 0.833. The number of aromatic nitrogens is 1. The van der Waals surface area contributed by atoms with Crippen molar-refractivity contribution in [2.45, 2.75) is 18.9 Å². The highest BCUT2D eigenvalue weighted by atomic mass is 32.2. The van der Waals surface area contributed by atoms with Crippen LogP contribution >= 0.6 is 23.1 Å². The van der Waals surface area contributed by atoms with Crippen LogP contribution in [0.25, 0.3) is 0 Å². The van der Waals surface area contributed by atoms with Crippen molar-refractivity contribution in [1.82, 2.24) is 14.8 Å². The fraction of sp³-hybridized carbons (Fsp3) is 0.733. The third kappa shape index (κ3) is 3.94. The lowest BCUT2D eigenvalue weighted by atomic mass is 10.2. The molecule has 2 aliphatic rings. The molecule has 122 valence electrons. The molecule has 3 rings (SSSR count). The monoisotopic (exact) mass is 340 g/mol. The molecule has 2 fully saturated rings. The largest absolute Gasteiger partial charge is 0.346 e. The average Bonchev–Trinajstić information content (AvgIpc) is 3.17. The van der Waals surface area contributed by atoms with E-state index in [0.29, 0.717) is 12.6 Å². The Hall–Kier alpha value is -0.790. The first kappa shape index (κ1) is 16.1. The van der Waals surface area contributed by atoms with Crippen molar-refractivity contribution in [3.05, 3.63) is 11.6 Å². The topological polar surface area (TPSA) is 39.7 Å². The maximum atomic E-state index is 12.6. The molecule has 3 heterocycles. The van der Waals surface area contributed by atoms with Gasteiger partial charge in [-0.3, -0.25) is 9.69 Å². The summed E-state index contributed by atoms with van der Waals surface area (Å²) in [6.07, 6.45) is 4.09.